The van der Waals surface area contributed by atoms with Crippen molar-refractivity contribution in [3.63, 3.8) is 0 Å². The molecule has 4 nitrogen and oxygen atoms in total. The van der Waals surface area contributed by atoms with Crippen molar-refractivity contribution in [1.82, 2.24) is 19.8 Å². The zero-order chi connectivity index (χ0) is 14.5. The van der Waals surface area contributed by atoms with Crippen LogP contribution in [0.4, 0.5) is 0 Å². The lowest BCUT2D eigenvalue weighted by molar-refractivity contribution is 0.307. The number of rotatable bonds is 7. The van der Waals surface area contributed by atoms with E-state index in [9.17, 15) is 0 Å². The van der Waals surface area contributed by atoms with Gasteiger partial charge in [-0.2, -0.15) is 0 Å². The van der Waals surface area contributed by atoms with Crippen LogP contribution in [0.2, 0.25) is 0 Å². The maximum Gasteiger partial charge on any atom is 0.122 e. The minimum Gasteiger partial charge on any atom is -0.337 e. The van der Waals surface area contributed by atoms with Crippen LogP contribution < -0.4 is 5.32 Å². The van der Waals surface area contributed by atoms with Gasteiger partial charge in [0.1, 0.15) is 5.82 Å². The molecule has 0 aromatic carbocycles. The average molecular weight is 292 g/mol. The third kappa shape index (κ3) is 3.91. The van der Waals surface area contributed by atoms with Crippen molar-refractivity contribution in [1.29, 1.82) is 0 Å². The van der Waals surface area contributed by atoms with E-state index in [1.807, 2.05) is 30.8 Å². The molecule has 0 radical (unpaired) electrons. The number of nitrogens with zero attached hydrogens (tertiary/aromatic N) is 3. The van der Waals surface area contributed by atoms with Gasteiger partial charge in [0.2, 0.25) is 0 Å². The van der Waals surface area contributed by atoms with Crippen molar-refractivity contribution < 1.29 is 0 Å². The summed E-state index contributed by atoms with van der Waals surface area (Å²) in [6.45, 7) is 8.20. The lowest BCUT2D eigenvalue weighted by Crippen LogP contribution is -2.19. The molecule has 0 saturated carbocycles. The van der Waals surface area contributed by atoms with Gasteiger partial charge in [-0.3, -0.25) is 4.90 Å². The Morgan fingerprint density at radius 2 is 2.20 bits per heavy atom. The predicted octanol–water partition coefficient (Wildman–Crippen LogP) is 2.53. The Bertz CT molecular complexity index is 544. The number of imidazole rings is 1. The molecule has 2 rings (SSSR count). The van der Waals surface area contributed by atoms with Crippen LogP contribution in [-0.4, -0.2) is 28.0 Å². The Labute approximate surface area is 125 Å². The largest absolute Gasteiger partial charge is 0.337 e. The van der Waals surface area contributed by atoms with Crippen LogP contribution in [0, 0.1) is 6.92 Å². The molecule has 20 heavy (non-hydrogen) atoms. The molecule has 0 atom stereocenters. The molecule has 0 aliphatic rings. The number of hydrogen-bond donors (Lipinski definition) is 1. The van der Waals surface area contributed by atoms with Crippen molar-refractivity contribution in [2.45, 2.75) is 33.5 Å². The number of nitrogens with one attached hydrogen (secondary N) is 1. The van der Waals surface area contributed by atoms with Gasteiger partial charge in [-0.15, -0.1) is 11.3 Å². The third-order valence-electron chi connectivity index (χ3n) is 3.39. The molecular weight excluding hydrogens is 268 g/mol. The standard InChI is InChI=1S/C15H24N4S/c1-5-16-9-14-8-13(12(2)20-14)10-18(3)11-15-17-6-7-19(15)4/h6-8,16H,5,9-11H2,1-4H3. The molecule has 0 spiro atoms. The van der Waals surface area contributed by atoms with E-state index < -0.39 is 0 Å². The van der Waals surface area contributed by atoms with Crippen molar-refractivity contribution >= 4 is 11.3 Å². The number of aromatic nitrogens is 2. The molecule has 0 unspecified atom stereocenters. The summed E-state index contributed by atoms with van der Waals surface area (Å²) in [5.74, 6) is 1.10. The monoisotopic (exact) mass is 292 g/mol. The molecule has 2 aromatic heterocycles. The van der Waals surface area contributed by atoms with Crippen molar-refractivity contribution in [2.24, 2.45) is 7.05 Å². The summed E-state index contributed by atoms with van der Waals surface area (Å²) < 4.78 is 2.08. The Morgan fingerprint density at radius 1 is 1.40 bits per heavy atom. The molecule has 0 bridgehead atoms. The summed E-state index contributed by atoms with van der Waals surface area (Å²) in [6.07, 6.45) is 3.85. The molecule has 5 heteroatoms. The molecule has 0 amide bonds. The fraction of sp³-hybridized carbons (Fsp3) is 0.533. The van der Waals surface area contributed by atoms with Gasteiger partial charge in [-0.05, 0) is 32.1 Å². The highest BCUT2D eigenvalue weighted by molar-refractivity contribution is 7.12. The van der Waals surface area contributed by atoms with Crippen LogP contribution in [0.5, 0.6) is 0 Å². The minimum absolute atomic E-state index is 0.876. The first-order chi connectivity index (χ1) is 9.60. The summed E-state index contributed by atoms with van der Waals surface area (Å²) in [6, 6.07) is 2.33. The van der Waals surface area contributed by atoms with E-state index in [-0.39, 0.29) is 0 Å². The van der Waals surface area contributed by atoms with E-state index in [0.29, 0.717) is 0 Å². The molecule has 2 aromatic rings. The molecule has 0 saturated heterocycles. The Hall–Kier alpha value is -1.17. The Kier molecular flexibility index (Phi) is 5.34. The first-order valence-corrected chi connectivity index (χ1v) is 7.85. The third-order valence-corrected chi connectivity index (χ3v) is 4.49. The van der Waals surface area contributed by atoms with Gasteiger partial charge in [-0.1, -0.05) is 6.92 Å². The van der Waals surface area contributed by atoms with Gasteiger partial charge in [0.05, 0.1) is 6.54 Å². The summed E-state index contributed by atoms with van der Waals surface area (Å²) in [7, 11) is 4.19. The molecule has 110 valence electrons. The zero-order valence-corrected chi connectivity index (χ0v) is 13.6. The van der Waals surface area contributed by atoms with Crippen molar-refractivity contribution in [3.05, 3.63) is 39.6 Å². The highest BCUT2D eigenvalue weighted by atomic mass is 32.1. The normalized spacial score (nSPS) is 11.4. The van der Waals surface area contributed by atoms with E-state index in [2.05, 4.69) is 46.7 Å². The summed E-state index contributed by atoms with van der Waals surface area (Å²) >= 11 is 1.90. The fourth-order valence-electron chi connectivity index (χ4n) is 2.22. The second kappa shape index (κ2) is 7.02. The van der Waals surface area contributed by atoms with Gasteiger partial charge in [0.25, 0.3) is 0 Å². The van der Waals surface area contributed by atoms with Gasteiger partial charge >= 0.3 is 0 Å². The highest BCUT2D eigenvalue weighted by Gasteiger charge is 2.10. The number of hydrogen-bond acceptors (Lipinski definition) is 4. The fourth-order valence-corrected chi connectivity index (χ4v) is 3.24. The second-order valence-electron chi connectivity index (χ2n) is 5.20. The lowest BCUT2D eigenvalue weighted by Gasteiger charge is -2.16. The molecular formula is C15H24N4S. The van der Waals surface area contributed by atoms with E-state index in [1.54, 1.807) is 0 Å². The van der Waals surface area contributed by atoms with Crippen LogP contribution in [0.1, 0.15) is 28.1 Å². The quantitative estimate of drug-likeness (QED) is 0.851. The molecule has 0 aliphatic carbocycles. The summed E-state index contributed by atoms with van der Waals surface area (Å²) in [4.78, 5) is 9.54. The summed E-state index contributed by atoms with van der Waals surface area (Å²) in [5, 5.41) is 3.39. The Balaban J connectivity index is 1.95. The van der Waals surface area contributed by atoms with Crippen LogP contribution in [0.25, 0.3) is 0 Å². The van der Waals surface area contributed by atoms with E-state index >= 15 is 0 Å². The maximum atomic E-state index is 4.38. The van der Waals surface area contributed by atoms with Crippen molar-refractivity contribution in [2.75, 3.05) is 13.6 Å². The molecule has 1 N–H and O–H groups in total. The van der Waals surface area contributed by atoms with Crippen LogP contribution in [-0.2, 0) is 26.7 Å². The predicted molar refractivity (Wildman–Crippen MR) is 84.8 cm³/mol. The number of aryl methyl sites for hydroxylation is 2. The molecule has 0 fully saturated rings. The van der Waals surface area contributed by atoms with Gasteiger partial charge < -0.3 is 9.88 Å². The number of thiophene rings is 1. The lowest BCUT2D eigenvalue weighted by atomic mass is 10.2. The first kappa shape index (κ1) is 15.2. The average Bonchev–Trinajstić information content (AvgIpc) is 2.95. The van der Waals surface area contributed by atoms with E-state index in [4.69, 9.17) is 0 Å². The topological polar surface area (TPSA) is 33.1 Å². The maximum absolute atomic E-state index is 4.38. The van der Waals surface area contributed by atoms with Crippen LogP contribution in [0.3, 0.4) is 0 Å². The zero-order valence-electron chi connectivity index (χ0n) is 12.8. The van der Waals surface area contributed by atoms with Gasteiger partial charge in [-0.25, -0.2) is 4.98 Å². The summed E-state index contributed by atoms with van der Waals surface area (Å²) in [5.41, 5.74) is 1.43. The van der Waals surface area contributed by atoms with Crippen LogP contribution in [0.15, 0.2) is 18.5 Å². The molecule has 0 aliphatic heterocycles. The smallest absolute Gasteiger partial charge is 0.122 e. The second-order valence-corrected chi connectivity index (χ2v) is 6.54. The highest BCUT2D eigenvalue weighted by Crippen LogP contribution is 2.23. The van der Waals surface area contributed by atoms with Gasteiger partial charge in [0.15, 0.2) is 0 Å². The Morgan fingerprint density at radius 3 is 2.85 bits per heavy atom. The molecule has 2 heterocycles. The minimum atomic E-state index is 0.876. The van der Waals surface area contributed by atoms with E-state index in [1.165, 1.54) is 15.3 Å². The van der Waals surface area contributed by atoms with Gasteiger partial charge in [0, 0.05) is 42.3 Å². The SMILES string of the molecule is CCNCc1cc(CN(C)Cc2nccn2C)c(C)s1. The van der Waals surface area contributed by atoms with Crippen LogP contribution >= 0.6 is 11.3 Å². The first-order valence-electron chi connectivity index (χ1n) is 7.03. The van der Waals surface area contributed by atoms with Crippen molar-refractivity contribution in [3.8, 4) is 0 Å². The van der Waals surface area contributed by atoms with E-state index in [0.717, 1.165) is 32.0 Å².